The van der Waals surface area contributed by atoms with Crippen LogP contribution in [-0.4, -0.2) is 27.2 Å². The number of carbonyl (C=O) groups excluding carboxylic acids is 1. The number of hydrogen-bond donors (Lipinski definition) is 0. The maximum absolute atomic E-state index is 11.6. The Morgan fingerprint density at radius 3 is 2.29 bits per heavy atom. The molecule has 1 rings (SSSR count). The predicted octanol–water partition coefficient (Wildman–Crippen LogP) is 1.94. The van der Waals surface area contributed by atoms with Crippen LogP contribution in [0.4, 0.5) is 5.69 Å². The smallest absolute Gasteiger partial charge is 0.337 e. The van der Waals surface area contributed by atoms with Crippen LogP contribution in [0.2, 0.25) is 0 Å². The van der Waals surface area contributed by atoms with Gasteiger partial charge in [0.1, 0.15) is 0 Å². The molecule has 0 saturated heterocycles. The molecule has 17 heavy (non-hydrogen) atoms. The van der Waals surface area contributed by atoms with E-state index in [0.29, 0.717) is 11.3 Å². The highest BCUT2D eigenvalue weighted by Gasteiger charge is 2.18. The van der Waals surface area contributed by atoms with Crippen molar-refractivity contribution in [1.82, 2.24) is 0 Å². The molecular weight excluding hydrogens is 310 g/mol. The van der Waals surface area contributed by atoms with Gasteiger partial charge in [-0.1, -0.05) is 0 Å². The lowest BCUT2D eigenvalue weighted by atomic mass is 10.2. The molecule has 0 aliphatic carbocycles. The topological polar surface area (TPSA) is 63.7 Å². The first-order valence-corrected chi connectivity index (χ1v) is 7.11. The second-order valence-electron chi connectivity index (χ2n) is 3.15. The maximum atomic E-state index is 11.6. The number of ether oxygens (including phenoxy) is 1. The van der Waals surface area contributed by atoms with E-state index in [4.69, 9.17) is 0 Å². The average molecular weight is 322 g/mol. The van der Waals surface area contributed by atoms with Gasteiger partial charge in [0.05, 0.1) is 40.3 Å². The number of sulfonamides is 1. The normalized spacial score (nSPS) is 11.0. The largest absolute Gasteiger partial charge is 0.465 e. The van der Waals surface area contributed by atoms with E-state index in [0.717, 1.165) is 3.33 Å². The Morgan fingerprint density at radius 2 is 1.88 bits per heavy atom. The van der Waals surface area contributed by atoms with Crippen molar-refractivity contribution in [2.24, 2.45) is 0 Å². The van der Waals surface area contributed by atoms with Crippen LogP contribution < -0.4 is 3.33 Å². The molecule has 7 heteroatoms. The number of carbonyl (C=O) groups is 1. The summed E-state index contributed by atoms with van der Waals surface area (Å²) in [7, 11) is -2.07. The SMILES string of the molecule is CCS(=O)(=O)N(Br)c1ccc(C(=O)OC)cc1. The van der Waals surface area contributed by atoms with E-state index < -0.39 is 16.0 Å². The van der Waals surface area contributed by atoms with Crippen LogP contribution in [0.5, 0.6) is 0 Å². The zero-order valence-corrected chi connectivity index (χ0v) is 11.8. The lowest BCUT2D eigenvalue weighted by Gasteiger charge is -2.15. The molecule has 0 saturated carbocycles. The lowest BCUT2D eigenvalue weighted by molar-refractivity contribution is 0.0601. The van der Waals surface area contributed by atoms with Crippen LogP contribution in [0.3, 0.4) is 0 Å². The van der Waals surface area contributed by atoms with E-state index >= 15 is 0 Å². The van der Waals surface area contributed by atoms with Gasteiger partial charge in [-0.15, -0.1) is 0 Å². The molecule has 0 amide bonds. The third kappa shape index (κ3) is 3.19. The summed E-state index contributed by atoms with van der Waals surface area (Å²) in [6.45, 7) is 1.55. The van der Waals surface area contributed by atoms with Gasteiger partial charge in [0.2, 0.25) is 10.0 Å². The van der Waals surface area contributed by atoms with E-state index in [2.05, 4.69) is 20.9 Å². The van der Waals surface area contributed by atoms with Gasteiger partial charge < -0.3 is 4.74 Å². The molecule has 0 radical (unpaired) electrons. The number of benzene rings is 1. The highest BCUT2D eigenvalue weighted by Crippen LogP contribution is 2.22. The van der Waals surface area contributed by atoms with Crippen molar-refractivity contribution in [3.05, 3.63) is 29.8 Å². The number of anilines is 1. The molecule has 0 aliphatic rings. The Labute approximate surface area is 109 Å². The van der Waals surface area contributed by atoms with Crippen LogP contribution in [0.1, 0.15) is 17.3 Å². The predicted molar refractivity (Wildman–Crippen MR) is 68.6 cm³/mol. The molecule has 1 aromatic carbocycles. The van der Waals surface area contributed by atoms with Crippen LogP contribution in [0.15, 0.2) is 24.3 Å². The first kappa shape index (κ1) is 14.0. The van der Waals surface area contributed by atoms with E-state index in [1.807, 2.05) is 0 Å². The summed E-state index contributed by atoms with van der Waals surface area (Å²) in [6, 6.07) is 6.05. The van der Waals surface area contributed by atoms with Gasteiger partial charge in [-0.3, -0.25) is 0 Å². The monoisotopic (exact) mass is 321 g/mol. The van der Waals surface area contributed by atoms with Gasteiger partial charge in [-0.25, -0.2) is 16.5 Å². The molecule has 0 aromatic heterocycles. The van der Waals surface area contributed by atoms with Crippen molar-refractivity contribution in [1.29, 1.82) is 0 Å². The molecule has 0 heterocycles. The van der Waals surface area contributed by atoms with E-state index in [9.17, 15) is 13.2 Å². The number of nitrogens with zero attached hydrogens (tertiary/aromatic N) is 1. The highest BCUT2D eigenvalue weighted by atomic mass is 79.9. The summed E-state index contributed by atoms with van der Waals surface area (Å²) in [4.78, 5) is 11.2. The van der Waals surface area contributed by atoms with Crippen molar-refractivity contribution >= 4 is 37.8 Å². The van der Waals surface area contributed by atoms with Gasteiger partial charge in [0.15, 0.2) is 0 Å². The van der Waals surface area contributed by atoms with Crippen molar-refractivity contribution < 1.29 is 17.9 Å². The Kier molecular flexibility index (Phi) is 4.53. The highest BCUT2D eigenvalue weighted by molar-refractivity contribution is 9.11. The summed E-state index contributed by atoms with van der Waals surface area (Å²) >= 11 is 2.98. The molecule has 0 bridgehead atoms. The molecule has 94 valence electrons. The summed E-state index contributed by atoms with van der Waals surface area (Å²) in [5.41, 5.74) is 0.797. The maximum Gasteiger partial charge on any atom is 0.337 e. The van der Waals surface area contributed by atoms with E-state index in [-0.39, 0.29) is 5.75 Å². The Morgan fingerprint density at radius 1 is 1.35 bits per heavy atom. The molecule has 5 nitrogen and oxygen atoms in total. The molecule has 0 aliphatic heterocycles. The van der Waals surface area contributed by atoms with Crippen molar-refractivity contribution in [2.75, 3.05) is 16.2 Å². The number of esters is 1. The second kappa shape index (κ2) is 5.50. The number of hydrogen-bond acceptors (Lipinski definition) is 4. The zero-order valence-electron chi connectivity index (χ0n) is 9.38. The number of rotatable bonds is 4. The summed E-state index contributed by atoms with van der Waals surface area (Å²) < 4.78 is 28.7. The fourth-order valence-electron chi connectivity index (χ4n) is 1.11. The van der Waals surface area contributed by atoms with Gasteiger partial charge in [0, 0.05) is 0 Å². The first-order chi connectivity index (χ1) is 7.92. The van der Waals surface area contributed by atoms with Crippen LogP contribution >= 0.6 is 16.1 Å². The minimum Gasteiger partial charge on any atom is -0.465 e. The molecule has 0 N–H and O–H groups in total. The van der Waals surface area contributed by atoms with Crippen LogP contribution in [0.25, 0.3) is 0 Å². The Bertz CT molecular complexity index is 498. The molecule has 0 spiro atoms. The Hall–Kier alpha value is -1.08. The number of methoxy groups -OCH3 is 1. The van der Waals surface area contributed by atoms with E-state index in [1.54, 1.807) is 6.92 Å². The average Bonchev–Trinajstić information content (AvgIpc) is 2.37. The summed E-state index contributed by atoms with van der Waals surface area (Å²) in [6.07, 6.45) is 0. The summed E-state index contributed by atoms with van der Waals surface area (Å²) in [5, 5.41) is 0. The van der Waals surface area contributed by atoms with Crippen molar-refractivity contribution in [2.45, 2.75) is 6.92 Å². The number of halogens is 1. The molecular formula is C10H12BrNO4S. The minimum atomic E-state index is -3.36. The van der Waals surface area contributed by atoms with Gasteiger partial charge in [-0.2, -0.15) is 0 Å². The second-order valence-corrected chi connectivity index (χ2v) is 6.44. The van der Waals surface area contributed by atoms with Crippen molar-refractivity contribution in [3.8, 4) is 0 Å². The van der Waals surface area contributed by atoms with Gasteiger partial charge in [-0.05, 0) is 31.2 Å². The zero-order chi connectivity index (χ0) is 13.1. The summed E-state index contributed by atoms with van der Waals surface area (Å²) in [5.74, 6) is -0.479. The minimum absolute atomic E-state index is 0.0169. The lowest BCUT2D eigenvalue weighted by Crippen LogP contribution is -2.22. The fourth-order valence-corrected chi connectivity index (χ4v) is 2.63. The third-order valence-electron chi connectivity index (χ3n) is 2.10. The Balaban J connectivity index is 3.00. The van der Waals surface area contributed by atoms with Crippen LogP contribution in [0, 0.1) is 0 Å². The first-order valence-electron chi connectivity index (χ1n) is 4.79. The molecule has 1 aromatic rings. The molecule has 0 fully saturated rings. The van der Waals surface area contributed by atoms with E-state index in [1.165, 1.54) is 31.4 Å². The quantitative estimate of drug-likeness (QED) is 0.628. The van der Waals surface area contributed by atoms with Gasteiger partial charge >= 0.3 is 5.97 Å². The standard InChI is InChI=1S/C10H12BrNO4S/c1-3-17(14,15)12(11)9-6-4-8(5-7-9)10(13)16-2/h4-7H,3H2,1-2H3. The van der Waals surface area contributed by atoms with Crippen molar-refractivity contribution in [3.63, 3.8) is 0 Å². The molecule has 0 atom stereocenters. The van der Waals surface area contributed by atoms with Crippen LogP contribution in [-0.2, 0) is 14.8 Å². The third-order valence-corrected chi connectivity index (χ3v) is 5.26. The van der Waals surface area contributed by atoms with Gasteiger partial charge in [0.25, 0.3) is 0 Å². The molecule has 0 unspecified atom stereocenters. The fraction of sp³-hybridized carbons (Fsp3) is 0.300.